The molecule has 180 valence electrons. The highest BCUT2D eigenvalue weighted by Crippen LogP contribution is 2.35. The van der Waals surface area contributed by atoms with E-state index in [2.05, 4.69) is 50.1 Å². The molecule has 2 N–H and O–H groups in total. The summed E-state index contributed by atoms with van der Waals surface area (Å²) in [5.41, 5.74) is 0.270. The number of hydrogen-bond acceptors (Lipinski definition) is 11. The van der Waals surface area contributed by atoms with Gasteiger partial charge in [0, 0.05) is 12.4 Å². The second-order valence-corrected chi connectivity index (χ2v) is 8.16. The van der Waals surface area contributed by atoms with Gasteiger partial charge in [0.05, 0.1) is 21.3 Å². The minimum atomic E-state index is -0.561. The van der Waals surface area contributed by atoms with Gasteiger partial charge >= 0.3 is 0 Å². The standard InChI is InChI=1S/C9H3Cl3N6.C9H5ClN6O2/c10-4-1-13-2-14-6(4)5-7(11)17-9-15-3-16-18(9)8(5)12;10-4-1-11-2-12-6(4)5-7(17)15-9-13-3-14-16(9)8(5)18/h1-3H;1-3,18H,(H,13,14,15,17). The molecule has 0 saturated carbocycles. The van der Waals surface area contributed by atoms with E-state index in [-0.39, 0.29) is 38.2 Å². The van der Waals surface area contributed by atoms with Crippen molar-refractivity contribution in [3.8, 4) is 28.4 Å². The van der Waals surface area contributed by atoms with E-state index in [1.165, 1.54) is 42.2 Å². The molecule has 0 aliphatic carbocycles. The molecule has 0 amide bonds. The zero-order chi connectivity index (χ0) is 25.4. The molecule has 6 aromatic heterocycles. The van der Waals surface area contributed by atoms with Gasteiger partial charge in [-0.05, 0) is 0 Å². The molecule has 0 aliphatic rings. The summed E-state index contributed by atoms with van der Waals surface area (Å²) in [5.74, 6) is 0.0530. The molecule has 0 spiro atoms. The Morgan fingerprint density at radius 2 is 1.39 bits per heavy atom. The van der Waals surface area contributed by atoms with Gasteiger partial charge in [-0.3, -0.25) is 9.78 Å². The van der Waals surface area contributed by atoms with Gasteiger partial charge in [-0.2, -0.15) is 34.2 Å². The van der Waals surface area contributed by atoms with Crippen molar-refractivity contribution in [3.63, 3.8) is 0 Å². The first-order valence-electron chi connectivity index (χ1n) is 9.48. The highest BCUT2D eigenvalue weighted by atomic mass is 35.5. The van der Waals surface area contributed by atoms with E-state index in [0.29, 0.717) is 22.1 Å². The topological polar surface area (TPSA) is 178 Å². The molecule has 6 aromatic rings. The number of nitrogens with zero attached hydrogens (tertiary/aromatic N) is 11. The van der Waals surface area contributed by atoms with Crippen LogP contribution in [0.3, 0.4) is 0 Å². The fraction of sp³-hybridized carbons (Fsp3) is 0. The van der Waals surface area contributed by atoms with Gasteiger partial charge in [0.2, 0.25) is 11.7 Å². The lowest BCUT2D eigenvalue weighted by Gasteiger charge is -2.07. The van der Waals surface area contributed by atoms with Crippen molar-refractivity contribution in [1.82, 2.24) is 59.1 Å². The quantitative estimate of drug-likeness (QED) is 0.295. The third kappa shape index (κ3) is 4.15. The fourth-order valence-corrected chi connectivity index (χ4v) is 4.04. The summed E-state index contributed by atoms with van der Waals surface area (Å²) in [5, 5.41) is 18.6. The van der Waals surface area contributed by atoms with Crippen molar-refractivity contribution in [2.75, 3.05) is 0 Å². The van der Waals surface area contributed by atoms with E-state index in [0.717, 1.165) is 4.52 Å². The van der Waals surface area contributed by atoms with Gasteiger partial charge in [-0.25, -0.2) is 19.9 Å². The predicted octanol–water partition coefficient (Wildman–Crippen LogP) is 2.78. The maximum atomic E-state index is 11.9. The number of hydrogen-bond donors (Lipinski definition) is 2. The molecule has 0 aliphatic heterocycles. The highest BCUT2D eigenvalue weighted by Gasteiger charge is 2.20. The van der Waals surface area contributed by atoms with Crippen LogP contribution in [-0.2, 0) is 0 Å². The average Bonchev–Trinajstić information content (AvgIpc) is 3.52. The maximum absolute atomic E-state index is 11.9. The highest BCUT2D eigenvalue weighted by molar-refractivity contribution is 6.40. The summed E-state index contributed by atoms with van der Waals surface area (Å²) < 4.78 is 2.43. The summed E-state index contributed by atoms with van der Waals surface area (Å²) >= 11 is 24.2. The van der Waals surface area contributed by atoms with Gasteiger partial charge in [-0.15, -0.1) is 0 Å². The number of aromatic hydroxyl groups is 1. The molecule has 0 radical (unpaired) electrons. The van der Waals surface area contributed by atoms with Crippen LogP contribution >= 0.6 is 46.4 Å². The van der Waals surface area contributed by atoms with Crippen molar-refractivity contribution in [2.24, 2.45) is 0 Å². The van der Waals surface area contributed by atoms with Crippen molar-refractivity contribution >= 4 is 58.0 Å². The molecule has 0 aromatic carbocycles. The number of H-pyrrole nitrogens is 1. The van der Waals surface area contributed by atoms with Crippen molar-refractivity contribution < 1.29 is 5.11 Å². The number of rotatable bonds is 2. The lowest BCUT2D eigenvalue weighted by molar-refractivity contribution is 0.436. The maximum Gasteiger partial charge on any atom is 0.265 e. The normalized spacial score (nSPS) is 11.0. The van der Waals surface area contributed by atoms with Crippen molar-refractivity contribution in [2.45, 2.75) is 0 Å². The first-order valence-corrected chi connectivity index (χ1v) is 11.0. The zero-order valence-corrected chi connectivity index (χ0v) is 20.3. The van der Waals surface area contributed by atoms with E-state index in [4.69, 9.17) is 46.4 Å². The molecule has 18 heteroatoms. The molecule has 14 nitrogen and oxygen atoms in total. The van der Waals surface area contributed by atoms with Crippen molar-refractivity contribution in [3.05, 3.63) is 68.4 Å². The third-order valence-electron chi connectivity index (χ3n) is 4.56. The summed E-state index contributed by atoms with van der Waals surface area (Å²) in [6.07, 6.45) is 7.88. The summed E-state index contributed by atoms with van der Waals surface area (Å²) in [7, 11) is 0. The minimum Gasteiger partial charge on any atom is -0.493 e. The van der Waals surface area contributed by atoms with Crippen LogP contribution in [0, 0.1) is 0 Å². The number of nitrogens with one attached hydrogen (secondary N) is 1. The molecule has 6 rings (SSSR count). The van der Waals surface area contributed by atoms with Crippen LogP contribution in [0.5, 0.6) is 5.88 Å². The number of aromatic nitrogens is 12. The van der Waals surface area contributed by atoms with Gasteiger partial charge in [-0.1, -0.05) is 46.4 Å². The van der Waals surface area contributed by atoms with Gasteiger partial charge in [0.1, 0.15) is 46.9 Å². The Morgan fingerprint density at radius 1 is 0.778 bits per heavy atom. The number of aromatic amines is 1. The minimum absolute atomic E-state index is 0.0830. The smallest absolute Gasteiger partial charge is 0.265 e. The second-order valence-electron chi connectivity index (χ2n) is 6.63. The molecular weight excluding hydrogens is 558 g/mol. The second kappa shape index (κ2) is 9.58. The van der Waals surface area contributed by atoms with Crippen LogP contribution < -0.4 is 5.56 Å². The SMILES string of the molecule is Clc1cncnc1-c1c(Cl)nc2ncnn2c1Cl.O=c1[nH]c2ncnn2c(O)c1-c1ncncc1Cl. The first-order chi connectivity index (χ1) is 17.4. The van der Waals surface area contributed by atoms with Crippen LogP contribution in [0.1, 0.15) is 0 Å². The van der Waals surface area contributed by atoms with Crippen LogP contribution in [-0.4, -0.2) is 64.2 Å². The molecular formula is C18H8Cl4N12O2. The molecule has 0 unspecified atom stereocenters. The molecule has 6 heterocycles. The summed E-state index contributed by atoms with van der Waals surface area (Å²) in [6, 6.07) is 0. The lowest BCUT2D eigenvalue weighted by Crippen LogP contribution is -2.13. The Bertz CT molecular complexity index is 1800. The Kier molecular flexibility index (Phi) is 6.32. The van der Waals surface area contributed by atoms with Crippen LogP contribution in [0.4, 0.5) is 0 Å². The molecule has 0 saturated heterocycles. The lowest BCUT2D eigenvalue weighted by atomic mass is 10.2. The monoisotopic (exact) mass is 564 g/mol. The Balaban J connectivity index is 0.000000148. The van der Waals surface area contributed by atoms with Crippen LogP contribution in [0.15, 0.2) is 42.5 Å². The van der Waals surface area contributed by atoms with E-state index < -0.39 is 5.56 Å². The molecule has 0 fully saturated rings. The predicted molar refractivity (Wildman–Crippen MR) is 128 cm³/mol. The van der Waals surface area contributed by atoms with Gasteiger partial charge in [0.15, 0.2) is 0 Å². The first kappa shape index (κ1) is 23.7. The third-order valence-corrected chi connectivity index (χ3v) is 5.74. The average molecular weight is 566 g/mol. The van der Waals surface area contributed by atoms with E-state index >= 15 is 0 Å². The van der Waals surface area contributed by atoms with E-state index in [1.807, 2.05) is 0 Å². The molecule has 36 heavy (non-hydrogen) atoms. The van der Waals surface area contributed by atoms with Gasteiger partial charge in [0.25, 0.3) is 11.3 Å². The summed E-state index contributed by atoms with van der Waals surface area (Å²) in [4.78, 5) is 41.5. The van der Waals surface area contributed by atoms with E-state index in [1.54, 1.807) is 0 Å². The Morgan fingerprint density at radius 3 is 2.06 bits per heavy atom. The number of fused-ring (bicyclic) bond motifs is 2. The van der Waals surface area contributed by atoms with Gasteiger partial charge < -0.3 is 5.11 Å². The Labute approximate surface area is 218 Å². The molecule has 0 atom stereocenters. The summed E-state index contributed by atoms with van der Waals surface area (Å²) in [6.45, 7) is 0. The number of halogens is 4. The Hall–Kier alpha value is -3.98. The zero-order valence-electron chi connectivity index (χ0n) is 17.3. The largest absolute Gasteiger partial charge is 0.493 e. The fourth-order valence-electron chi connectivity index (χ4n) is 3.04. The molecule has 0 bridgehead atoms. The van der Waals surface area contributed by atoms with Crippen LogP contribution in [0.25, 0.3) is 34.1 Å². The van der Waals surface area contributed by atoms with E-state index in [9.17, 15) is 9.90 Å². The van der Waals surface area contributed by atoms with Crippen molar-refractivity contribution in [1.29, 1.82) is 0 Å². The van der Waals surface area contributed by atoms with Crippen LogP contribution in [0.2, 0.25) is 20.4 Å².